The van der Waals surface area contributed by atoms with Crippen LogP contribution >= 0.6 is 23.2 Å². The first-order valence-corrected chi connectivity index (χ1v) is 11.5. The number of ketones is 1. The van der Waals surface area contributed by atoms with E-state index in [1.165, 1.54) is 38.3 Å². The van der Waals surface area contributed by atoms with E-state index in [0.29, 0.717) is 25.7 Å². The van der Waals surface area contributed by atoms with Crippen molar-refractivity contribution in [2.45, 2.75) is 37.1 Å². The van der Waals surface area contributed by atoms with E-state index in [9.17, 15) is 18.0 Å². The van der Waals surface area contributed by atoms with Crippen LogP contribution in [0.4, 0.5) is 0 Å². The van der Waals surface area contributed by atoms with Crippen LogP contribution in [0.2, 0.25) is 10.0 Å². The van der Waals surface area contributed by atoms with Crippen molar-refractivity contribution in [1.82, 2.24) is 4.31 Å². The summed E-state index contributed by atoms with van der Waals surface area (Å²) in [5.41, 5.74) is 0.675. The third kappa shape index (κ3) is 4.48. The number of ether oxygens (including phenoxy) is 1. The molecule has 30 heavy (non-hydrogen) atoms. The molecule has 3 rings (SSSR count). The predicted molar refractivity (Wildman–Crippen MR) is 114 cm³/mol. The van der Waals surface area contributed by atoms with Gasteiger partial charge in [0.05, 0.1) is 12.0 Å². The highest BCUT2D eigenvalue weighted by atomic mass is 35.5. The highest BCUT2D eigenvalue weighted by Gasteiger charge is 2.42. The van der Waals surface area contributed by atoms with Gasteiger partial charge in [-0.15, -0.1) is 0 Å². The fourth-order valence-electron chi connectivity index (χ4n) is 3.56. The quantitative estimate of drug-likeness (QED) is 0.657. The van der Waals surface area contributed by atoms with E-state index in [1.807, 2.05) is 0 Å². The van der Waals surface area contributed by atoms with E-state index in [4.69, 9.17) is 27.9 Å². The van der Waals surface area contributed by atoms with Gasteiger partial charge in [0.2, 0.25) is 5.91 Å². The number of halogens is 2. The molecule has 160 valence electrons. The molecule has 0 aliphatic carbocycles. The summed E-state index contributed by atoms with van der Waals surface area (Å²) in [6.07, 6.45) is 0.548. The third-order valence-electron chi connectivity index (χ3n) is 5.20. The first kappa shape index (κ1) is 22.6. The zero-order valence-corrected chi connectivity index (χ0v) is 18.8. The van der Waals surface area contributed by atoms with E-state index in [1.54, 1.807) is 18.2 Å². The maximum atomic E-state index is 13.4. The Bertz CT molecular complexity index is 1070. The van der Waals surface area contributed by atoms with Crippen LogP contribution in [0.15, 0.2) is 47.4 Å². The Morgan fingerprint density at radius 1 is 1.07 bits per heavy atom. The molecule has 1 fully saturated rings. The lowest BCUT2D eigenvalue weighted by Gasteiger charge is -2.28. The zero-order valence-electron chi connectivity index (χ0n) is 16.5. The SMILES string of the molecule is COc1ccc(Cl)cc1C[C@@H]1CCC(=O)[C@H](C)N(S(=O)(=O)c2ccc(Cl)cc2)C1=O. The number of carbonyl (C=O) groups is 2. The van der Waals surface area contributed by atoms with Gasteiger partial charge >= 0.3 is 0 Å². The van der Waals surface area contributed by atoms with Crippen LogP contribution in [0, 0.1) is 5.92 Å². The van der Waals surface area contributed by atoms with Crippen LogP contribution in [-0.4, -0.2) is 37.6 Å². The largest absolute Gasteiger partial charge is 0.496 e. The minimum atomic E-state index is -4.24. The lowest BCUT2D eigenvalue weighted by atomic mass is 9.93. The monoisotopic (exact) mass is 469 g/mol. The van der Waals surface area contributed by atoms with E-state index >= 15 is 0 Å². The van der Waals surface area contributed by atoms with Crippen molar-refractivity contribution in [3.63, 3.8) is 0 Å². The van der Waals surface area contributed by atoms with Gasteiger partial charge in [-0.25, -0.2) is 12.7 Å². The Kier molecular flexibility index (Phi) is 6.75. The first-order valence-electron chi connectivity index (χ1n) is 9.34. The molecule has 0 saturated carbocycles. The maximum Gasteiger partial charge on any atom is 0.267 e. The predicted octanol–water partition coefficient (Wildman–Crippen LogP) is 4.13. The fraction of sp³-hybridized carbons (Fsp3) is 0.333. The first-order chi connectivity index (χ1) is 14.1. The number of carbonyl (C=O) groups excluding carboxylic acids is 2. The Morgan fingerprint density at radius 3 is 2.33 bits per heavy atom. The second-order valence-corrected chi connectivity index (χ2v) is 9.82. The highest BCUT2D eigenvalue weighted by Crippen LogP contribution is 2.32. The molecule has 1 heterocycles. The van der Waals surface area contributed by atoms with Crippen molar-refractivity contribution in [3.05, 3.63) is 58.1 Å². The summed E-state index contributed by atoms with van der Waals surface area (Å²) >= 11 is 11.9. The van der Waals surface area contributed by atoms with Crippen molar-refractivity contribution in [2.75, 3.05) is 7.11 Å². The number of benzene rings is 2. The molecule has 6 nitrogen and oxygen atoms in total. The third-order valence-corrected chi connectivity index (χ3v) is 7.57. The van der Waals surface area contributed by atoms with E-state index < -0.39 is 27.9 Å². The number of hydrogen-bond acceptors (Lipinski definition) is 5. The van der Waals surface area contributed by atoms with Crippen LogP contribution in [0.3, 0.4) is 0 Å². The second-order valence-electron chi connectivity index (χ2n) is 7.13. The molecule has 2 aromatic carbocycles. The Labute approximate surface area is 185 Å². The number of rotatable bonds is 5. The number of amides is 1. The standard InChI is InChI=1S/C21H21Cl2NO5S/c1-13-19(25)9-3-14(11-15-12-17(23)6-10-20(15)29-2)21(26)24(13)30(27,28)18-7-4-16(22)5-8-18/h4-8,10,12-14H,3,9,11H2,1-2H3/t13-,14-/m0/s1. The molecule has 0 spiro atoms. The molecular weight excluding hydrogens is 449 g/mol. The number of nitrogens with zero attached hydrogens (tertiary/aromatic N) is 1. The molecule has 1 aliphatic heterocycles. The van der Waals surface area contributed by atoms with Gasteiger partial charge < -0.3 is 4.74 Å². The Hall–Kier alpha value is -2.09. The van der Waals surface area contributed by atoms with Crippen LogP contribution in [-0.2, 0) is 26.0 Å². The second kappa shape index (κ2) is 8.96. The lowest BCUT2D eigenvalue weighted by molar-refractivity contribution is -0.134. The van der Waals surface area contributed by atoms with E-state index in [-0.39, 0.29) is 29.9 Å². The number of Topliss-reactive ketones (excluding diaryl/α,β-unsaturated/α-hetero) is 1. The van der Waals surface area contributed by atoms with Gasteiger partial charge in [-0.3, -0.25) is 9.59 Å². The topological polar surface area (TPSA) is 80.8 Å². The summed E-state index contributed by atoms with van der Waals surface area (Å²) < 4.78 is 32.6. The van der Waals surface area contributed by atoms with Gasteiger partial charge in [0.15, 0.2) is 5.78 Å². The molecule has 1 amide bonds. The summed E-state index contributed by atoms with van der Waals surface area (Å²) in [7, 11) is -2.73. The number of hydrogen-bond donors (Lipinski definition) is 0. The van der Waals surface area contributed by atoms with Gasteiger partial charge in [-0.2, -0.15) is 0 Å². The maximum absolute atomic E-state index is 13.4. The summed E-state index contributed by atoms with van der Waals surface area (Å²) in [5.74, 6) is -1.09. The van der Waals surface area contributed by atoms with E-state index in [0.717, 1.165) is 0 Å². The smallest absolute Gasteiger partial charge is 0.267 e. The molecule has 9 heteroatoms. The van der Waals surface area contributed by atoms with Crippen molar-refractivity contribution in [1.29, 1.82) is 0 Å². The van der Waals surface area contributed by atoms with Gasteiger partial charge in [0.25, 0.3) is 10.0 Å². The molecule has 0 radical (unpaired) electrons. The Morgan fingerprint density at radius 2 is 1.70 bits per heavy atom. The highest BCUT2D eigenvalue weighted by molar-refractivity contribution is 7.89. The van der Waals surface area contributed by atoms with Crippen molar-refractivity contribution in [3.8, 4) is 5.75 Å². The van der Waals surface area contributed by atoms with Crippen LogP contribution < -0.4 is 4.74 Å². The van der Waals surface area contributed by atoms with Crippen molar-refractivity contribution < 1.29 is 22.7 Å². The molecule has 0 N–H and O–H groups in total. The average Bonchev–Trinajstić information content (AvgIpc) is 2.80. The van der Waals surface area contributed by atoms with Crippen LogP contribution in [0.25, 0.3) is 0 Å². The minimum absolute atomic E-state index is 0.0964. The lowest BCUT2D eigenvalue weighted by Crippen LogP contribution is -2.47. The molecule has 2 aromatic rings. The number of sulfonamides is 1. The molecule has 1 aliphatic rings. The average molecular weight is 470 g/mol. The van der Waals surface area contributed by atoms with Crippen molar-refractivity contribution in [2.24, 2.45) is 5.92 Å². The summed E-state index contributed by atoms with van der Waals surface area (Å²) in [6.45, 7) is 1.44. The van der Waals surface area contributed by atoms with E-state index in [2.05, 4.69) is 0 Å². The zero-order chi connectivity index (χ0) is 22.1. The van der Waals surface area contributed by atoms with Crippen LogP contribution in [0.5, 0.6) is 5.75 Å². The molecular formula is C21H21Cl2NO5S. The fourth-order valence-corrected chi connectivity index (χ4v) is 5.51. The summed E-state index contributed by atoms with van der Waals surface area (Å²) in [5, 5.41) is 0.841. The van der Waals surface area contributed by atoms with Crippen molar-refractivity contribution >= 4 is 44.9 Å². The molecule has 0 unspecified atom stereocenters. The molecule has 2 atom stereocenters. The minimum Gasteiger partial charge on any atom is -0.496 e. The molecule has 0 aromatic heterocycles. The molecule has 1 saturated heterocycles. The van der Waals surface area contributed by atoms with Gasteiger partial charge in [0, 0.05) is 22.4 Å². The molecule has 0 bridgehead atoms. The van der Waals surface area contributed by atoms with Crippen LogP contribution in [0.1, 0.15) is 25.3 Å². The summed E-state index contributed by atoms with van der Waals surface area (Å²) in [4.78, 5) is 25.8. The normalized spacial score (nSPS) is 20.2. The Balaban J connectivity index is 2.01. The van der Waals surface area contributed by atoms with Gasteiger partial charge in [-0.1, -0.05) is 23.2 Å². The summed E-state index contributed by atoms with van der Waals surface area (Å²) in [6, 6.07) is 9.45. The van der Waals surface area contributed by atoms with Gasteiger partial charge in [0.1, 0.15) is 11.8 Å². The van der Waals surface area contributed by atoms with Gasteiger partial charge in [-0.05, 0) is 67.8 Å². The number of methoxy groups -OCH3 is 1.